The van der Waals surface area contributed by atoms with Crippen LogP contribution in [0.2, 0.25) is 0 Å². The van der Waals surface area contributed by atoms with Gasteiger partial charge in [-0.15, -0.1) is 0 Å². The summed E-state index contributed by atoms with van der Waals surface area (Å²) in [6.45, 7) is 0.946. The number of guanidine groups is 2. The third kappa shape index (κ3) is 2.90. The number of rotatable bonds is 3. The second-order valence-corrected chi connectivity index (χ2v) is 7.91. The predicted octanol–water partition coefficient (Wildman–Crippen LogP) is -1.29. The minimum Gasteiger partial charge on any atom is -0.451 e. The van der Waals surface area contributed by atoms with E-state index in [1.54, 1.807) is 0 Å². The van der Waals surface area contributed by atoms with Gasteiger partial charge in [0.05, 0.1) is 35.9 Å². The molecular weight excluding hydrogens is 437 g/mol. The maximum atomic E-state index is 12.8. The molecule has 0 saturated carbocycles. The molecule has 3 aliphatic heterocycles. The van der Waals surface area contributed by atoms with Gasteiger partial charge in [0.2, 0.25) is 5.79 Å². The van der Waals surface area contributed by atoms with E-state index < -0.39 is 60.0 Å². The molecule has 0 aliphatic carbocycles. The lowest BCUT2D eigenvalue weighted by molar-refractivity contribution is -0.258. The summed E-state index contributed by atoms with van der Waals surface area (Å²) < 4.78 is 43.6. The first kappa shape index (κ1) is 22.1. The topological polar surface area (TPSA) is 174 Å². The third-order valence-electron chi connectivity index (χ3n) is 6.09. The van der Waals surface area contributed by atoms with E-state index in [-0.39, 0.29) is 17.5 Å². The number of aliphatic hydroxyl groups excluding tert-OH is 1. The zero-order valence-corrected chi connectivity index (χ0v) is 16.6. The van der Waals surface area contributed by atoms with Crippen LogP contribution in [0.25, 0.3) is 0 Å². The van der Waals surface area contributed by atoms with Crippen LogP contribution in [0, 0.1) is 10.8 Å². The highest BCUT2D eigenvalue weighted by atomic mass is 19.4. The van der Waals surface area contributed by atoms with E-state index >= 15 is 0 Å². The van der Waals surface area contributed by atoms with E-state index in [1.165, 1.54) is 11.8 Å². The number of ether oxygens (including phenoxy) is 1. The highest BCUT2D eigenvalue weighted by molar-refractivity contribution is 5.90. The number of benzene rings is 1. The number of carbonyl (C=O) groups is 1. The van der Waals surface area contributed by atoms with Crippen molar-refractivity contribution in [3.8, 4) is 0 Å². The first-order chi connectivity index (χ1) is 14.8. The maximum Gasteiger partial charge on any atom is 0.416 e. The van der Waals surface area contributed by atoms with Crippen molar-refractivity contribution in [3.63, 3.8) is 0 Å². The molecule has 32 heavy (non-hydrogen) atoms. The number of nitrogens with one attached hydrogen (secondary N) is 5. The van der Waals surface area contributed by atoms with Crippen molar-refractivity contribution in [1.29, 1.82) is 10.8 Å². The minimum absolute atomic E-state index is 0.244. The van der Waals surface area contributed by atoms with E-state index in [0.717, 1.165) is 12.1 Å². The number of hydrogen-bond acceptors (Lipinski definition) is 7. The second-order valence-electron chi connectivity index (χ2n) is 7.91. The highest BCUT2D eigenvalue weighted by Gasteiger charge is 2.77. The van der Waals surface area contributed by atoms with Crippen LogP contribution in [-0.2, 0) is 10.9 Å². The Morgan fingerprint density at radius 1 is 1.22 bits per heavy atom. The van der Waals surface area contributed by atoms with Gasteiger partial charge in [0.15, 0.2) is 23.7 Å². The summed E-state index contributed by atoms with van der Waals surface area (Å²) in [6.07, 6.45) is -6.26. The minimum atomic E-state index is -4.59. The predicted molar refractivity (Wildman–Crippen MR) is 101 cm³/mol. The van der Waals surface area contributed by atoms with Crippen LogP contribution in [0.3, 0.4) is 0 Å². The van der Waals surface area contributed by atoms with E-state index in [2.05, 4.69) is 16.0 Å². The molecular formula is C18H21F3N6O5. The van der Waals surface area contributed by atoms with Crippen molar-refractivity contribution >= 4 is 17.9 Å². The van der Waals surface area contributed by atoms with E-state index in [9.17, 15) is 33.3 Å². The van der Waals surface area contributed by atoms with Crippen LogP contribution in [0.5, 0.6) is 0 Å². The Morgan fingerprint density at radius 3 is 2.41 bits per heavy atom. The molecule has 174 valence electrons. The molecule has 1 spiro atoms. The molecule has 11 nitrogen and oxygen atoms in total. The summed E-state index contributed by atoms with van der Waals surface area (Å²) >= 11 is 0. The zero-order chi connectivity index (χ0) is 23.6. The van der Waals surface area contributed by atoms with E-state index in [0.29, 0.717) is 12.1 Å². The standard InChI is InChI=1S/C18H21F3N6O5/c1-7-12(32-13(29)8-2-4-9(5-3-8)18(19,20)21)17(30,31)16-11(25-14(22)26-16)10(6-28)24-15(23)27(7)16/h2-5,7,10-12,28,30-31H,6H2,1H3,(H2,23,24)(H3,22,25,26)/t7-,10-,11?,12-,16-/m0/s1. The Morgan fingerprint density at radius 2 is 1.84 bits per heavy atom. The fourth-order valence-corrected chi connectivity index (χ4v) is 4.69. The lowest BCUT2D eigenvalue weighted by Crippen LogP contribution is -2.81. The summed E-state index contributed by atoms with van der Waals surface area (Å²) in [4.78, 5) is 13.8. The zero-order valence-electron chi connectivity index (χ0n) is 16.6. The van der Waals surface area contributed by atoms with Gasteiger partial charge in [0, 0.05) is 0 Å². The molecule has 0 radical (unpaired) electrons. The number of hydrogen-bond donors (Lipinski definition) is 8. The molecule has 8 N–H and O–H groups in total. The molecule has 3 heterocycles. The van der Waals surface area contributed by atoms with Crippen LogP contribution in [-0.4, -0.2) is 80.4 Å². The molecule has 0 bridgehead atoms. The number of aliphatic hydroxyl groups is 3. The lowest BCUT2D eigenvalue weighted by Gasteiger charge is -2.51. The summed E-state index contributed by atoms with van der Waals surface area (Å²) in [6, 6.07) is 0.314. The van der Waals surface area contributed by atoms with Gasteiger partial charge >= 0.3 is 12.1 Å². The smallest absolute Gasteiger partial charge is 0.416 e. The van der Waals surface area contributed by atoms with Gasteiger partial charge in [-0.1, -0.05) is 0 Å². The molecule has 5 atom stereocenters. The molecule has 4 rings (SSSR count). The van der Waals surface area contributed by atoms with E-state index in [4.69, 9.17) is 15.6 Å². The van der Waals surface area contributed by atoms with Gasteiger partial charge in [0.1, 0.15) is 0 Å². The summed E-state index contributed by atoms with van der Waals surface area (Å²) in [5, 5.41) is 56.2. The molecule has 1 unspecified atom stereocenters. The summed E-state index contributed by atoms with van der Waals surface area (Å²) in [5.41, 5.74) is -3.15. The third-order valence-corrected chi connectivity index (χ3v) is 6.09. The monoisotopic (exact) mass is 458 g/mol. The van der Waals surface area contributed by atoms with Gasteiger partial charge in [-0.05, 0) is 31.2 Å². The number of esters is 1. The number of alkyl halides is 3. The number of carbonyl (C=O) groups excluding carboxylic acids is 1. The Balaban J connectivity index is 1.67. The summed E-state index contributed by atoms with van der Waals surface area (Å²) in [7, 11) is 0. The fourth-order valence-electron chi connectivity index (χ4n) is 4.69. The van der Waals surface area contributed by atoms with Gasteiger partial charge in [-0.2, -0.15) is 13.2 Å². The van der Waals surface area contributed by atoms with Crippen LogP contribution < -0.4 is 16.0 Å². The number of halogens is 3. The van der Waals surface area contributed by atoms with Crippen molar-refractivity contribution in [3.05, 3.63) is 35.4 Å². The molecule has 3 fully saturated rings. The molecule has 3 saturated heterocycles. The van der Waals surface area contributed by atoms with Crippen LogP contribution in [0.4, 0.5) is 13.2 Å². The molecule has 0 aromatic heterocycles. The first-order valence-corrected chi connectivity index (χ1v) is 9.56. The molecule has 3 aliphatic rings. The van der Waals surface area contributed by atoms with Crippen LogP contribution in [0.15, 0.2) is 24.3 Å². The quantitative estimate of drug-likeness (QED) is 0.202. The molecule has 0 amide bonds. The van der Waals surface area contributed by atoms with Crippen molar-refractivity contribution in [1.82, 2.24) is 20.9 Å². The molecule has 14 heteroatoms. The van der Waals surface area contributed by atoms with Crippen molar-refractivity contribution in [2.24, 2.45) is 0 Å². The Hall–Kier alpha value is -3.10. The largest absolute Gasteiger partial charge is 0.451 e. The van der Waals surface area contributed by atoms with Gasteiger partial charge < -0.3 is 40.9 Å². The van der Waals surface area contributed by atoms with Gasteiger partial charge in [0.25, 0.3) is 0 Å². The first-order valence-electron chi connectivity index (χ1n) is 9.56. The molecule has 1 aromatic carbocycles. The Labute approximate surface area is 179 Å². The average molecular weight is 458 g/mol. The Kier molecular flexibility index (Phi) is 4.80. The highest BCUT2D eigenvalue weighted by Crippen LogP contribution is 2.47. The van der Waals surface area contributed by atoms with E-state index in [1.807, 2.05) is 0 Å². The van der Waals surface area contributed by atoms with Gasteiger partial charge in [-0.3, -0.25) is 10.8 Å². The maximum absolute atomic E-state index is 12.8. The number of nitrogens with zero attached hydrogens (tertiary/aromatic N) is 1. The average Bonchev–Trinajstić information content (AvgIpc) is 3.15. The molecule has 1 aromatic rings. The normalized spacial score (nSPS) is 33.0. The van der Waals surface area contributed by atoms with Crippen LogP contribution in [0.1, 0.15) is 22.8 Å². The van der Waals surface area contributed by atoms with Crippen molar-refractivity contribution < 1.29 is 38.0 Å². The van der Waals surface area contributed by atoms with Gasteiger partial charge in [-0.25, -0.2) is 4.79 Å². The van der Waals surface area contributed by atoms with Crippen molar-refractivity contribution in [2.75, 3.05) is 6.61 Å². The second kappa shape index (κ2) is 6.95. The summed E-state index contributed by atoms with van der Waals surface area (Å²) in [5.74, 6) is -4.58. The fraction of sp³-hybridized carbons (Fsp3) is 0.500. The SMILES string of the molecule is C[C@H]1[C@H](OC(=O)c2ccc(C(F)(F)F)cc2)C(O)(O)[C@]23NC(=N)NC2[C@H](CO)NC(=N)N13. The van der Waals surface area contributed by atoms with Crippen molar-refractivity contribution in [2.45, 2.75) is 48.8 Å². The Bertz CT molecular complexity index is 971. The lowest BCUT2D eigenvalue weighted by atomic mass is 9.85. The van der Waals surface area contributed by atoms with Crippen LogP contribution >= 0.6 is 0 Å².